The highest BCUT2D eigenvalue weighted by Crippen LogP contribution is 2.20. The van der Waals surface area contributed by atoms with Crippen LogP contribution in [0.3, 0.4) is 0 Å². The first-order valence-electron chi connectivity index (χ1n) is 5.02. The van der Waals surface area contributed by atoms with Crippen LogP contribution in [0.1, 0.15) is 26.3 Å². The summed E-state index contributed by atoms with van der Waals surface area (Å²) in [5.74, 6) is 0. The lowest BCUT2D eigenvalue weighted by Gasteiger charge is -2.13. The van der Waals surface area contributed by atoms with Gasteiger partial charge in [-0.25, -0.2) is 0 Å². The van der Waals surface area contributed by atoms with Gasteiger partial charge in [-0.2, -0.15) is 0 Å². The molecular weight excluding hydrogens is 168 g/mol. The van der Waals surface area contributed by atoms with Gasteiger partial charge in [0.05, 0.1) is 0 Å². The van der Waals surface area contributed by atoms with Crippen molar-refractivity contribution in [2.75, 3.05) is 0 Å². The molecule has 0 heteroatoms. The molecule has 0 aliphatic heterocycles. The zero-order valence-corrected chi connectivity index (χ0v) is 9.20. The predicted octanol–water partition coefficient (Wildman–Crippen LogP) is 4.30. The fraction of sp³-hybridized carbons (Fsp3) is 0.286. The van der Waals surface area contributed by atoms with E-state index in [0.717, 1.165) is 0 Å². The summed E-state index contributed by atoms with van der Waals surface area (Å²) in [5.41, 5.74) is 1.40. The Morgan fingerprint density at radius 2 is 1.64 bits per heavy atom. The van der Waals surface area contributed by atoms with Gasteiger partial charge in [0.25, 0.3) is 0 Å². The van der Waals surface area contributed by atoms with Crippen LogP contribution in [0.25, 0.3) is 6.08 Å². The van der Waals surface area contributed by atoms with Crippen LogP contribution >= 0.6 is 0 Å². The van der Waals surface area contributed by atoms with Gasteiger partial charge in [0, 0.05) is 5.41 Å². The number of allylic oxidation sites excluding steroid dienone is 3. The van der Waals surface area contributed by atoms with Crippen LogP contribution in [0.2, 0.25) is 0 Å². The van der Waals surface area contributed by atoms with Gasteiger partial charge in [-0.15, -0.1) is 0 Å². The summed E-state index contributed by atoms with van der Waals surface area (Å²) in [7, 11) is 0. The SMILES string of the molecule is CC=CC(C)(C)C=Cc1ccccc1. The summed E-state index contributed by atoms with van der Waals surface area (Å²) in [5, 5.41) is 0. The second-order valence-corrected chi connectivity index (χ2v) is 4.07. The van der Waals surface area contributed by atoms with Gasteiger partial charge in [0.15, 0.2) is 0 Å². The second-order valence-electron chi connectivity index (χ2n) is 4.07. The molecule has 0 unspecified atom stereocenters. The fourth-order valence-corrected chi connectivity index (χ4v) is 1.36. The molecule has 0 amide bonds. The third-order valence-corrected chi connectivity index (χ3v) is 2.10. The lowest BCUT2D eigenvalue weighted by molar-refractivity contribution is 0.628. The van der Waals surface area contributed by atoms with Crippen molar-refractivity contribution in [3.8, 4) is 0 Å². The molecule has 1 aromatic carbocycles. The Labute approximate surface area is 87.0 Å². The largest absolute Gasteiger partial charge is 0.0908 e. The molecule has 0 saturated carbocycles. The standard InChI is InChI=1S/C14H18/c1-4-11-14(2,3)12-10-13-8-6-5-7-9-13/h4-12H,1-3H3. The minimum absolute atomic E-state index is 0.143. The van der Waals surface area contributed by atoms with Gasteiger partial charge in [-0.1, -0.05) is 68.5 Å². The van der Waals surface area contributed by atoms with Crippen LogP contribution in [0, 0.1) is 5.41 Å². The first-order chi connectivity index (χ1) is 6.64. The van der Waals surface area contributed by atoms with E-state index in [1.165, 1.54) is 5.56 Å². The summed E-state index contributed by atoms with van der Waals surface area (Å²) in [4.78, 5) is 0. The molecular formula is C14H18. The fourth-order valence-electron chi connectivity index (χ4n) is 1.36. The van der Waals surface area contributed by atoms with Crippen LogP contribution in [0.5, 0.6) is 0 Å². The van der Waals surface area contributed by atoms with Gasteiger partial charge in [0.1, 0.15) is 0 Å². The van der Waals surface area contributed by atoms with E-state index in [1.54, 1.807) is 0 Å². The average Bonchev–Trinajstić information content (AvgIpc) is 2.17. The van der Waals surface area contributed by atoms with E-state index >= 15 is 0 Å². The first-order valence-corrected chi connectivity index (χ1v) is 5.02. The van der Waals surface area contributed by atoms with Crippen LogP contribution in [-0.4, -0.2) is 0 Å². The number of rotatable bonds is 3. The minimum Gasteiger partial charge on any atom is -0.0908 e. The Morgan fingerprint density at radius 3 is 2.21 bits per heavy atom. The van der Waals surface area contributed by atoms with Gasteiger partial charge in [-0.3, -0.25) is 0 Å². The molecule has 0 atom stereocenters. The van der Waals surface area contributed by atoms with Crippen LogP contribution in [0.4, 0.5) is 0 Å². The number of hydrogen-bond donors (Lipinski definition) is 0. The Morgan fingerprint density at radius 1 is 1.00 bits per heavy atom. The molecule has 0 bridgehead atoms. The van der Waals surface area contributed by atoms with E-state index in [4.69, 9.17) is 0 Å². The van der Waals surface area contributed by atoms with Gasteiger partial charge >= 0.3 is 0 Å². The van der Waals surface area contributed by atoms with Crippen molar-refractivity contribution in [3.63, 3.8) is 0 Å². The van der Waals surface area contributed by atoms with E-state index in [-0.39, 0.29) is 5.41 Å². The smallest absolute Gasteiger partial charge is 0.000762 e. The molecule has 1 aromatic rings. The lowest BCUT2D eigenvalue weighted by Crippen LogP contribution is -2.01. The number of benzene rings is 1. The van der Waals surface area contributed by atoms with Crippen LogP contribution < -0.4 is 0 Å². The first kappa shape index (κ1) is 10.8. The molecule has 0 nitrogen and oxygen atoms in total. The lowest BCUT2D eigenvalue weighted by atomic mass is 9.92. The Kier molecular flexibility index (Phi) is 3.70. The minimum atomic E-state index is 0.143. The van der Waals surface area contributed by atoms with E-state index < -0.39 is 0 Å². The summed E-state index contributed by atoms with van der Waals surface area (Å²) < 4.78 is 0. The maximum Gasteiger partial charge on any atom is 0.000762 e. The molecule has 0 fully saturated rings. The third-order valence-electron chi connectivity index (χ3n) is 2.10. The Bertz CT molecular complexity index is 315. The van der Waals surface area contributed by atoms with E-state index in [9.17, 15) is 0 Å². The number of hydrogen-bond acceptors (Lipinski definition) is 0. The van der Waals surface area contributed by atoms with Gasteiger partial charge < -0.3 is 0 Å². The van der Waals surface area contributed by atoms with Crippen LogP contribution in [-0.2, 0) is 0 Å². The molecule has 0 aliphatic rings. The Balaban J connectivity index is 2.74. The molecule has 0 saturated heterocycles. The molecule has 0 heterocycles. The van der Waals surface area contributed by atoms with Crippen molar-refractivity contribution < 1.29 is 0 Å². The van der Waals surface area contributed by atoms with Crippen molar-refractivity contribution in [1.29, 1.82) is 0 Å². The quantitative estimate of drug-likeness (QED) is 0.617. The molecule has 74 valence electrons. The highest BCUT2D eigenvalue weighted by Gasteiger charge is 2.06. The summed E-state index contributed by atoms with van der Waals surface area (Å²) in [6, 6.07) is 10.4. The van der Waals surface area contributed by atoms with E-state index in [2.05, 4.69) is 69.3 Å². The Hall–Kier alpha value is -1.30. The summed E-state index contributed by atoms with van der Waals surface area (Å²) in [6.07, 6.45) is 8.68. The highest BCUT2D eigenvalue weighted by molar-refractivity contribution is 5.50. The van der Waals surface area contributed by atoms with Crippen molar-refractivity contribution >= 4 is 6.08 Å². The molecule has 0 aromatic heterocycles. The van der Waals surface area contributed by atoms with Crippen molar-refractivity contribution in [2.24, 2.45) is 5.41 Å². The molecule has 14 heavy (non-hydrogen) atoms. The van der Waals surface area contributed by atoms with Crippen LogP contribution in [0.15, 0.2) is 48.6 Å². The zero-order valence-electron chi connectivity index (χ0n) is 9.20. The van der Waals surface area contributed by atoms with Crippen molar-refractivity contribution in [3.05, 3.63) is 54.1 Å². The second kappa shape index (κ2) is 4.80. The predicted molar refractivity (Wildman–Crippen MR) is 64.1 cm³/mol. The topological polar surface area (TPSA) is 0 Å². The van der Waals surface area contributed by atoms with Crippen molar-refractivity contribution in [2.45, 2.75) is 20.8 Å². The summed E-state index contributed by atoms with van der Waals surface area (Å²) in [6.45, 7) is 6.46. The van der Waals surface area contributed by atoms with Gasteiger partial charge in [0.2, 0.25) is 0 Å². The van der Waals surface area contributed by atoms with E-state index in [0.29, 0.717) is 0 Å². The maximum atomic E-state index is 2.22. The van der Waals surface area contributed by atoms with E-state index in [1.807, 2.05) is 6.07 Å². The summed E-state index contributed by atoms with van der Waals surface area (Å²) >= 11 is 0. The zero-order chi connectivity index (χ0) is 10.4. The molecule has 0 N–H and O–H groups in total. The maximum absolute atomic E-state index is 2.22. The average molecular weight is 186 g/mol. The normalized spacial score (nSPS) is 12.8. The van der Waals surface area contributed by atoms with Crippen molar-refractivity contribution in [1.82, 2.24) is 0 Å². The molecule has 0 aliphatic carbocycles. The molecule has 0 radical (unpaired) electrons. The van der Waals surface area contributed by atoms with Gasteiger partial charge in [-0.05, 0) is 12.5 Å². The monoisotopic (exact) mass is 186 g/mol. The molecule has 0 spiro atoms. The molecule has 1 rings (SSSR count). The highest BCUT2D eigenvalue weighted by atomic mass is 14.1. The third kappa shape index (κ3) is 3.61.